The van der Waals surface area contributed by atoms with E-state index in [1.807, 2.05) is 0 Å². The number of aliphatic hydroxyl groups is 4. The number of hydrogen-bond acceptors (Lipinski definition) is 11. The first-order valence-corrected chi connectivity index (χ1v) is 9.44. The van der Waals surface area contributed by atoms with E-state index in [-0.39, 0.29) is 19.0 Å². The van der Waals surface area contributed by atoms with E-state index in [0.29, 0.717) is 5.56 Å². The van der Waals surface area contributed by atoms with Gasteiger partial charge in [-0.3, -0.25) is 4.79 Å². The van der Waals surface area contributed by atoms with Gasteiger partial charge in [0.15, 0.2) is 12.4 Å². The van der Waals surface area contributed by atoms with E-state index in [0.717, 1.165) is 13.0 Å². The van der Waals surface area contributed by atoms with Crippen LogP contribution in [0.25, 0.3) is 6.08 Å². The largest absolute Gasteiger partial charge is 0.508 e. The first-order chi connectivity index (χ1) is 14.7. The molecule has 1 heterocycles. The van der Waals surface area contributed by atoms with Crippen molar-refractivity contribution in [1.82, 2.24) is 0 Å². The lowest BCUT2D eigenvalue weighted by Crippen LogP contribution is -2.59. The van der Waals surface area contributed by atoms with Crippen molar-refractivity contribution in [3.05, 3.63) is 35.9 Å². The fourth-order valence-electron chi connectivity index (χ4n) is 2.73. The van der Waals surface area contributed by atoms with Crippen molar-refractivity contribution in [3.63, 3.8) is 0 Å². The van der Waals surface area contributed by atoms with Crippen LogP contribution in [0.15, 0.2) is 30.3 Å². The molecule has 1 aliphatic heterocycles. The lowest BCUT2D eigenvalue weighted by atomic mass is 9.99. The van der Waals surface area contributed by atoms with Crippen LogP contribution in [0.4, 0.5) is 0 Å². The van der Waals surface area contributed by atoms with E-state index >= 15 is 0 Å². The van der Waals surface area contributed by atoms with Gasteiger partial charge in [0.05, 0.1) is 13.2 Å². The molecule has 6 atom stereocenters. The van der Waals surface area contributed by atoms with Gasteiger partial charge in [-0.25, -0.2) is 4.79 Å². The van der Waals surface area contributed by atoms with Crippen LogP contribution in [0, 0.1) is 0 Å². The number of esters is 2. The van der Waals surface area contributed by atoms with Crippen LogP contribution in [-0.4, -0.2) is 94.1 Å². The Morgan fingerprint density at radius 1 is 1.10 bits per heavy atom. The smallest absolute Gasteiger partial charge is 0.330 e. The highest BCUT2D eigenvalue weighted by Crippen LogP contribution is 2.22. The first kappa shape index (κ1) is 24.7. The molecule has 11 heteroatoms. The lowest BCUT2D eigenvalue weighted by Gasteiger charge is -2.39. The van der Waals surface area contributed by atoms with E-state index in [4.69, 9.17) is 18.9 Å². The molecular formula is C20H26O11. The van der Waals surface area contributed by atoms with Gasteiger partial charge in [-0.05, 0) is 23.8 Å². The summed E-state index contributed by atoms with van der Waals surface area (Å²) < 4.78 is 20.6. The normalized spacial score (nSPS) is 27.1. The fourth-order valence-corrected chi connectivity index (χ4v) is 2.73. The number of carbonyl (C=O) groups is 2. The molecule has 1 aromatic rings. The predicted molar refractivity (Wildman–Crippen MR) is 103 cm³/mol. The zero-order valence-corrected chi connectivity index (χ0v) is 16.7. The third-order valence-electron chi connectivity index (χ3n) is 4.34. The van der Waals surface area contributed by atoms with Gasteiger partial charge in [0.2, 0.25) is 0 Å². The molecular weight excluding hydrogens is 416 g/mol. The fraction of sp³-hybridized carbons (Fsp3) is 0.500. The molecule has 0 radical (unpaired) electrons. The minimum absolute atomic E-state index is 0.0864. The van der Waals surface area contributed by atoms with E-state index in [1.54, 1.807) is 12.1 Å². The summed E-state index contributed by atoms with van der Waals surface area (Å²) >= 11 is 0. The van der Waals surface area contributed by atoms with Gasteiger partial charge >= 0.3 is 11.9 Å². The second-order valence-electron chi connectivity index (χ2n) is 6.82. The highest BCUT2D eigenvalue weighted by Gasteiger charge is 2.44. The number of phenols is 1. The number of carbonyl (C=O) groups excluding carboxylic acids is 2. The zero-order chi connectivity index (χ0) is 23.0. The Morgan fingerprint density at radius 2 is 1.77 bits per heavy atom. The first-order valence-electron chi connectivity index (χ1n) is 9.44. The summed E-state index contributed by atoms with van der Waals surface area (Å²) in [6.45, 7) is -0.205. The van der Waals surface area contributed by atoms with Crippen molar-refractivity contribution >= 4 is 18.0 Å². The summed E-state index contributed by atoms with van der Waals surface area (Å²) in [5, 5.41) is 47.9. The number of benzene rings is 1. The molecule has 2 rings (SSSR count). The second-order valence-corrected chi connectivity index (χ2v) is 6.82. The van der Waals surface area contributed by atoms with Crippen LogP contribution < -0.4 is 0 Å². The molecule has 0 bridgehead atoms. The molecule has 1 unspecified atom stereocenters. The molecule has 0 aromatic heterocycles. The summed E-state index contributed by atoms with van der Waals surface area (Å²) in [6.07, 6.45) is -5.78. The summed E-state index contributed by atoms with van der Waals surface area (Å²) in [5.74, 6) is -1.31. The Bertz CT molecular complexity index is 746. The van der Waals surface area contributed by atoms with Gasteiger partial charge in [-0.15, -0.1) is 0 Å². The van der Waals surface area contributed by atoms with Gasteiger partial charge in [0, 0.05) is 13.0 Å². The molecule has 1 fully saturated rings. The van der Waals surface area contributed by atoms with Crippen LogP contribution in [0.2, 0.25) is 0 Å². The van der Waals surface area contributed by atoms with Crippen LogP contribution in [0.5, 0.6) is 5.75 Å². The maximum atomic E-state index is 11.9. The van der Waals surface area contributed by atoms with Crippen LogP contribution in [-0.2, 0) is 28.5 Å². The standard InChI is InChI=1S/C20H26O11/c1-11(22)30-14(9-28-16(24)7-4-12-2-5-13(23)6-3-12)10-29-20-19(27)18(26)17(25)15(8-21)31-20/h2-7,14-15,17-21,23,25-27H,8-10H2,1H3/t14?,15-,17-,18+,19+,20-/m1/s1. The number of hydrogen-bond donors (Lipinski definition) is 5. The average molecular weight is 442 g/mol. The second kappa shape index (κ2) is 11.7. The third-order valence-corrected chi connectivity index (χ3v) is 4.34. The Labute approximate surface area is 178 Å². The molecule has 1 aromatic carbocycles. The van der Waals surface area contributed by atoms with Gasteiger partial charge in [0.1, 0.15) is 36.8 Å². The topological polar surface area (TPSA) is 172 Å². The van der Waals surface area contributed by atoms with E-state index in [2.05, 4.69) is 0 Å². The molecule has 5 N–H and O–H groups in total. The maximum Gasteiger partial charge on any atom is 0.330 e. The third kappa shape index (κ3) is 7.58. The van der Waals surface area contributed by atoms with E-state index < -0.39 is 55.4 Å². The number of aliphatic hydroxyl groups excluding tert-OH is 4. The molecule has 1 saturated heterocycles. The summed E-state index contributed by atoms with van der Waals surface area (Å²) in [4.78, 5) is 23.2. The van der Waals surface area contributed by atoms with Crippen LogP contribution >= 0.6 is 0 Å². The molecule has 172 valence electrons. The number of ether oxygens (including phenoxy) is 4. The molecule has 0 amide bonds. The minimum atomic E-state index is -1.62. The summed E-state index contributed by atoms with van der Waals surface area (Å²) in [7, 11) is 0. The van der Waals surface area contributed by atoms with Gasteiger partial charge in [0.25, 0.3) is 0 Å². The van der Waals surface area contributed by atoms with Crippen molar-refractivity contribution in [2.45, 2.75) is 43.7 Å². The van der Waals surface area contributed by atoms with Crippen LogP contribution in [0.3, 0.4) is 0 Å². The monoisotopic (exact) mass is 442 g/mol. The van der Waals surface area contributed by atoms with Crippen molar-refractivity contribution < 1.29 is 54.1 Å². The van der Waals surface area contributed by atoms with Crippen LogP contribution in [0.1, 0.15) is 12.5 Å². The SMILES string of the molecule is CC(=O)OC(COC(=O)C=Cc1ccc(O)cc1)CO[C@@H]1O[C@H](CO)[C@@H](O)[C@H](O)[C@@H]1O. The average Bonchev–Trinajstić information content (AvgIpc) is 2.74. The molecule has 1 aliphatic rings. The van der Waals surface area contributed by atoms with Gasteiger partial charge in [-0.2, -0.15) is 0 Å². The predicted octanol–water partition coefficient (Wildman–Crippen LogP) is -1.30. The molecule has 0 saturated carbocycles. The Kier molecular flexibility index (Phi) is 9.37. The Hall–Kier alpha value is -2.54. The van der Waals surface area contributed by atoms with Crippen molar-refractivity contribution in [3.8, 4) is 5.75 Å². The lowest BCUT2D eigenvalue weighted by molar-refractivity contribution is -0.305. The van der Waals surface area contributed by atoms with Crippen molar-refractivity contribution in [2.24, 2.45) is 0 Å². The maximum absolute atomic E-state index is 11.9. The summed E-state index contributed by atoms with van der Waals surface area (Å²) in [6, 6.07) is 6.10. The van der Waals surface area contributed by atoms with E-state index in [9.17, 15) is 35.1 Å². The molecule has 0 spiro atoms. The zero-order valence-electron chi connectivity index (χ0n) is 16.7. The molecule has 11 nitrogen and oxygen atoms in total. The van der Waals surface area contributed by atoms with Crippen molar-refractivity contribution in [1.29, 1.82) is 0 Å². The number of phenolic OH excluding ortho intramolecular Hbond substituents is 1. The highest BCUT2D eigenvalue weighted by molar-refractivity contribution is 5.87. The molecule has 31 heavy (non-hydrogen) atoms. The quantitative estimate of drug-likeness (QED) is 0.227. The van der Waals surface area contributed by atoms with Gasteiger partial charge in [-0.1, -0.05) is 12.1 Å². The van der Waals surface area contributed by atoms with Crippen molar-refractivity contribution in [2.75, 3.05) is 19.8 Å². The highest BCUT2D eigenvalue weighted by atomic mass is 16.7. The number of rotatable bonds is 9. The Morgan fingerprint density at radius 3 is 2.39 bits per heavy atom. The summed E-state index contributed by atoms with van der Waals surface area (Å²) in [5.41, 5.74) is 0.650. The van der Waals surface area contributed by atoms with E-state index in [1.165, 1.54) is 18.2 Å². The minimum Gasteiger partial charge on any atom is -0.508 e. The van der Waals surface area contributed by atoms with Gasteiger partial charge < -0.3 is 44.5 Å². The number of aromatic hydroxyl groups is 1. The Balaban J connectivity index is 1.89. The molecule has 0 aliphatic carbocycles.